The van der Waals surface area contributed by atoms with Crippen LogP contribution in [0.25, 0.3) is 10.9 Å². The van der Waals surface area contributed by atoms with E-state index in [1.165, 1.54) is 0 Å². The molecule has 0 fully saturated rings. The highest BCUT2D eigenvalue weighted by Gasteiger charge is 2.24. The smallest absolute Gasteiger partial charge is 0.328 e. The predicted molar refractivity (Wildman–Crippen MR) is 111 cm³/mol. The molecule has 0 aliphatic heterocycles. The van der Waals surface area contributed by atoms with Gasteiger partial charge in [0, 0.05) is 33.6 Å². The second kappa shape index (κ2) is 9.13. The summed E-state index contributed by atoms with van der Waals surface area (Å²) in [6.07, 6.45) is 2.13. The Bertz CT molecular complexity index is 980. The van der Waals surface area contributed by atoms with Crippen LogP contribution >= 0.6 is 23.2 Å². The summed E-state index contributed by atoms with van der Waals surface area (Å²) in [4.78, 5) is 28.2. The number of carbonyl (C=O) groups is 2. The van der Waals surface area contributed by atoms with Gasteiger partial charge in [0.25, 0.3) is 0 Å². The lowest BCUT2D eigenvalue weighted by atomic mass is 10.0. The van der Waals surface area contributed by atoms with Gasteiger partial charge in [-0.1, -0.05) is 47.5 Å². The highest BCUT2D eigenvalue weighted by molar-refractivity contribution is 6.36. The van der Waals surface area contributed by atoms with E-state index in [2.05, 4.69) is 10.3 Å². The van der Waals surface area contributed by atoms with E-state index in [1.54, 1.807) is 25.1 Å². The summed E-state index contributed by atoms with van der Waals surface area (Å²) in [6, 6.07) is 12.0. The first-order valence-electron chi connectivity index (χ1n) is 8.93. The molecule has 1 heterocycles. The van der Waals surface area contributed by atoms with Gasteiger partial charge in [-0.25, -0.2) is 4.79 Å². The number of nitrogens with one attached hydrogen (secondary N) is 2. The van der Waals surface area contributed by atoms with Gasteiger partial charge < -0.3 is 15.0 Å². The number of halogens is 2. The van der Waals surface area contributed by atoms with Gasteiger partial charge in [0.1, 0.15) is 6.04 Å². The van der Waals surface area contributed by atoms with Crippen LogP contribution in [0.15, 0.2) is 48.7 Å². The van der Waals surface area contributed by atoms with Crippen LogP contribution in [0.1, 0.15) is 18.1 Å². The van der Waals surface area contributed by atoms with Crippen LogP contribution in [-0.4, -0.2) is 29.5 Å². The fourth-order valence-electron chi connectivity index (χ4n) is 3.06. The molecule has 0 bridgehead atoms. The number of carbonyl (C=O) groups excluding carboxylic acids is 2. The van der Waals surface area contributed by atoms with Gasteiger partial charge in [0.15, 0.2) is 0 Å². The lowest BCUT2D eigenvalue weighted by Crippen LogP contribution is -2.44. The lowest BCUT2D eigenvalue weighted by Gasteiger charge is -2.17. The minimum Gasteiger partial charge on any atom is -0.464 e. The van der Waals surface area contributed by atoms with Gasteiger partial charge in [-0.15, -0.1) is 0 Å². The van der Waals surface area contributed by atoms with Crippen molar-refractivity contribution in [3.63, 3.8) is 0 Å². The molecule has 0 radical (unpaired) electrons. The largest absolute Gasteiger partial charge is 0.464 e. The molecular weight excluding hydrogens is 399 g/mol. The van der Waals surface area contributed by atoms with Gasteiger partial charge in [-0.3, -0.25) is 4.79 Å². The summed E-state index contributed by atoms with van der Waals surface area (Å²) in [5.41, 5.74) is 2.41. The summed E-state index contributed by atoms with van der Waals surface area (Å²) in [5.74, 6) is -0.834. The number of benzene rings is 2. The molecule has 0 saturated carbocycles. The summed E-state index contributed by atoms with van der Waals surface area (Å²) in [7, 11) is 0. The van der Waals surface area contributed by atoms with Crippen molar-refractivity contribution in [3.8, 4) is 0 Å². The van der Waals surface area contributed by atoms with E-state index in [1.807, 2.05) is 30.5 Å². The van der Waals surface area contributed by atoms with Crippen molar-refractivity contribution in [1.82, 2.24) is 10.3 Å². The van der Waals surface area contributed by atoms with Crippen LogP contribution in [0.3, 0.4) is 0 Å². The van der Waals surface area contributed by atoms with E-state index < -0.39 is 12.0 Å². The molecule has 0 unspecified atom stereocenters. The average Bonchev–Trinajstić information content (AvgIpc) is 3.07. The number of aromatic nitrogens is 1. The maximum atomic E-state index is 12.6. The lowest BCUT2D eigenvalue weighted by molar-refractivity contribution is -0.147. The molecule has 0 aliphatic carbocycles. The Morgan fingerprint density at radius 2 is 1.82 bits per heavy atom. The van der Waals surface area contributed by atoms with Crippen molar-refractivity contribution in [2.24, 2.45) is 0 Å². The number of hydrogen-bond donors (Lipinski definition) is 2. The van der Waals surface area contributed by atoms with Crippen molar-refractivity contribution < 1.29 is 14.3 Å². The predicted octanol–water partition coefficient (Wildman–Crippen LogP) is 4.31. The highest BCUT2D eigenvalue weighted by atomic mass is 35.5. The number of para-hydroxylation sites is 1. The van der Waals surface area contributed by atoms with Crippen molar-refractivity contribution in [3.05, 3.63) is 69.8 Å². The Hall–Kier alpha value is -2.50. The third kappa shape index (κ3) is 4.66. The number of ether oxygens (including phenoxy) is 1. The Kier molecular flexibility index (Phi) is 6.60. The molecule has 0 saturated heterocycles. The quantitative estimate of drug-likeness (QED) is 0.561. The molecule has 2 N–H and O–H groups in total. The van der Waals surface area contributed by atoms with Gasteiger partial charge in [-0.2, -0.15) is 0 Å². The number of hydrogen-bond acceptors (Lipinski definition) is 3. The van der Waals surface area contributed by atoms with E-state index in [-0.39, 0.29) is 18.9 Å². The second-order valence-electron chi connectivity index (χ2n) is 6.31. The van der Waals surface area contributed by atoms with E-state index >= 15 is 0 Å². The van der Waals surface area contributed by atoms with Crippen LogP contribution in [0.5, 0.6) is 0 Å². The van der Waals surface area contributed by atoms with Gasteiger partial charge >= 0.3 is 5.97 Å². The zero-order valence-electron chi connectivity index (χ0n) is 15.3. The molecule has 146 valence electrons. The fraction of sp³-hybridized carbons (Fsp3) is 0.238. The molecule has 28 heavy (non-hydrogen) atoms. The number of rotatable bonds is 7. The minimum absolute atomic E-state index is 0.0255. The molecule has 0 aliphatic rings. The van der Waals surface area contributed by atoms with Crippen LogP contribution in [0.2, 0.25) is 10.0 Å². The molecular formula is C21H20Cl2N2O3. The number of aromatic amines is 1. The van der Waals surface area contributed by atoms with Gasteiger partial charge in [0.05, 0.1) is 13.0 Å². The summed E-state index contributed by atoms with van der Waals surface area (Å²) >= 11 is 12.3. The molecule has 5 nitrogen and oxygen atoms in total. The topological polar surface area (TPSA) is 71.2 Å². The fourth-order valence-corrected chi connectivity index (χ4v) is 3.59. The molecule has 1 aromatic heterocycles. The third-order valence-electron chi connectivity index (χ3n) is 4.40. The van der Waals surface area contributed by atoms with Gasteiger partial charge in [0.2, 0.25) is 5.91 Å². The van der Waals surface area contributed by atoms with E-state index in [0.717, 1.165) is 16.5 Å². The van der Waals surface area contributed by atoms with Gasteiger partial charge in [-0.05, 0) is 36.2 Å². The van der Waals surface area contributed by atoms with Crippen molar-refractivity contribution >= 4 is 46.0 Å². The molecule has 0 spiro atoms. The molecule has 2 aromatic carbocycles. The Labute approximate surface area is 173 Å². The van der Waals surface area contributed by atoms with Crippen LogP contribution in [-0.2, 0) is 27.2 Å². The zero-order chi connectivity index (χ0) is 20.1. The summed E-state index contributed by atoms with van der Waals surface area (Å²) in [5, 5.41) is 4.58. The second-order valence-corrected chi connectivity index (χ2v) is 7.13. The molecule has 1 amide bonds. The van der Waals surface area contributed by atoms with E-state index in [9.17, 15) is 9.59 Å². The van der Waals surface area contributed by atoms with Crippen LogP contribution < -0.4 is 5.32 Å². The summed E-state index contributed by atoms with van der Waals surface area (Å²) < 4.78 is 5.15. The number of H-pyrrole nitrogens is 1. The van der Waals surface area contributed by atoms with Crippen LogP contribution in [0, 0.1) is 0 Å². The Balaban J connectivity index is 1.78. The maximum absolute atomic E-state index is 12.6. The minimum atomic E-state index is -0.812. The Morgan fingerprint density at radius 1 is 1.11 bits per heavy atom. The Morgan fingerprint density at radius 3 is 2.54 bits per heavy atom. The normalized spacial score (nSPS) is 12.0. The third-order valence-corrected chi connectivity index (χ3v) is 5.11. The van der Waals surface area contributed by atoms with Crippen LogP contribution in [0.4, 0.5) is 0 Å². The summed E-state index contributed by atoms with van der Waals surface area (Å²) in [6.45, 7) is 1.96. The number of amides is 1. The first-order valence-corrected chi connectivity index (χ1v) is 9.69. The molecule has 7 heteroatoms. The monoisotopic (exact) mass is 418 g/mol. The molecule has 3 rings (SSSR count). The van der Waals surface area contributed by atoms with Crippen molar-refractivity contribution in [2.75, 3.05) is 6.61 Å². The van der Waals surface area contributed by atoms with Crippen molar-refractivity contribution in [1.29, 1.82) is 0 Å². The number of fused-ring (bicyclic) bond motifs is 1. The van der Waals surface area contributed by atoms with Crippen molar-refractivity contribution in [2.45, 2.75) is 25.8 Å². The molecule has 3 aromatic rings. The SMILES string of the molecule is CCOC(=O)[C@H](Cc1c[nH]c2ccccc12)NC(=O)Cc1c(Cl)cccc1Cl. The first kappa shape index (κ1) is 20.2. The molecule has 1 atom stereocenters. The number of esters is 1. The maximum Gasteiger partial charge on any atom is 0.328 e. The first-order chi connectivity index (χ1) is 13.5. The van der Waals surface area contributed by atoms with E-state index in [4.69, 9.17) is 27.9 Å². The van der Waals surface area contributed by atoms with E-state index in [0.29, 0.717) is 22.0 Å². The highest BCUT2D eigenvalue weighted by Crippen LogP contribution is 2.25. The standard InChI is InChI=1S/C21H20Cl2N2O3/c1-2-28-21(27)19(10-13-12-24-18-9-4-3-6-14(13)18)25-20(26)11-15-16(22)7-5-8-17(15)23/h3-9,12,19,24H,2,10-11H2,1H3,(H,25,26)/t19-/m0/s1. The zero-order valence-corrected chi connectivity index (χ0v) is 16.8. The average molecular weight is 419 g/mol.